The van der Waals surface area contributed by atoms with E-state index in [1.54, 1.807) is 66.7 Å². The number of hydrogen-bond acceptors (Lipinski definition) is 7. The van der Waals surface area contributed by atoms with Gasteiger partial charge in [-0.05, 0) is 48.0 Å². The van der Waals surface area contributed by atoms with E-state index in [1.165, 1.54) is 33.2 Å². The maximum atomic E-state index is 13.5. The molecule has 4 rings (SSSR count). The second-order valence-electron chi connectivity index (χ2n) is 8.21. The standard InChI is InChI=1S/C28H26N2O7/c1-16(31)29-18-9-6-10-19(15-18)30-25(17-8-5-11-20(14-17)35-2)24(27(33)28(30)34)26(32)23-21(36-3)12-7-13-22(23)37-4/h5-15,25,32H,1-4H3,(H,29,31)/b26-24+. The van der Waals surface area contributed by atoms with E-state index in [1.807, 2.05) is 0 Å². The highest BCUT2D eigenvalue weighted by Gasteiger charge is 2.47. The molecule has 1 saturated heterocycles. The van der Waals surface area contributed by atoms with Crippen LogP contribution in [0.25, 0.3) is 5.76 Å². The Balaban J connectivity index is 2.00. The van der Waals surface area contributed by atoms with Crippen molar-refractivity contribution in [3.63, 3.8) is 0 Å². The molecule has 0 spiro atoms. The second-order valence-corrected chi connectivity index (χ2v) is 8.21. The van der Waals surface area contributed by atoms with Crippen LogP contribution in [0.1, 0.15) is 24.1 Å². The Labute approximate surface area is 213 Å². The van der Waals surface area contributed by atoms with Crippen molar-refractivity contribution in [1.29, 1.82) is 0 Å². The van der Waals surface area contributed by atoms with Gasteiger partial charge in [0.2, 0.25) is 5.91 Å². The van der Waals surface area contributed by atoms with E-state index in [0.29, 0.717) is 22.7 Å². The number of methoxy groups -OCH3 is 3. The molecule has 1 unspecified atom stereocenters. The average Bonchev–Trinajstić information content (AvgIpc) is 3.17. The highest BCUT2D eigenvalue weighted by atomic mass is 16.5. The number of anilines is 2. The number of rotatable bonds is 7. The van der Waals surface area contributed by atoms with Gasteiger partial charge < -0.3 is 24.6 Å². The van der Waals surface area contributed by atoms with E-state index in [9.17, 15) is 19.5 Å². The van der Waals surface area contributed by atoms with Crippen LogP contribution in [0, 0.1) is 0 Å². The number of hydrogen-bond donors (Lipinski definition) is 2. The first-order valence-electron chi connectivity index (χ1n) is 11.3. The quantitative estimate of drug-likeness (QED) is 0.281. The molecule has 1 aliphatic heterocycles. The third-order valence-corrected chi connectivity index (χ3v) is 5.96. The number of carbonyl (C=O) groups is 3. The summed E-state index contributed by atoms with van der Waals surface area (Å²) in [5.74, 6) is -1.43. The maximum absolute atomic E-state index is 13.5. The van der Waals surface area contributed by atoms with Gasteiger partial charge in [0, 0.05) is 18.3 Å². The van der Waals surface area contributed by atoms with Crippen LogP contribution in [0.5, 0.6) is 17.2 Å². The van der Waals surface area contributed by atoms with Crippen LogP contribution in [-0.4, -0.2) is 44.0 Å². The van der Waals surface area contributed by atoms with Gasteiger partial charge in [-0.1, -0.05) is 24.3 Å². The van der Waals surface area contributed by atoms with E-state index < -0.39 is 23.5 Å². The minimum atomic E-state index is -1.02. The van der Waals surface area contributed by atoms with Crippen LogP contribution in [-0.2, 0) is 14.4 Å². The fourth-order valence-electron chi connectivity index (χ4n) is 4.38. The number of benzene rings is 3. The maximum Gasteiger partial charge on any atom is 0.300 e. The van der Waals surface area contributed by atoms with Crippen molar-refractivity contribution in [2.75, 3.05) is 31.5 Å². The molecule has 0 aliphatic carbocycles. The lowest BCUT2D eigenvalue weighted by Crippen LogP contribution is -2.29. The molecule has 0 aromatic heterocycles. The Morgan fingerprint density at radius 1 is 0.892 bits per heavy atom. The molecule has 0 saturated carbocycles. The first-order chi connectivity index (χ1) is 17.8. The molecule has 2 N–H and O–H groups in total. The molecular weight excluding hydrogens is 476 g/mol. The van der Waals surface area contributed by atoms with Crippen molar-refractivity contribution in [2.45, 2.75) is 13.0 Å². The van der Waals surface area contributed by atoms with E-state index in [-0.39, 0.29) is 28.5 Å². The first kappa shape index (κ1) is 25.3. The lowest BCUT2D eigenvalue weighted by atomic mass is 9.94. The molecule has 3 aromatic rings. The number of ketones is 1. The number of nitrogens with one attached hydrogen (secondary N) is 1. The van der Waals surface area contributed by atoms with Gasteiger partial charge in [0.15, 0.2) is 0 Å². The summed E-state index contributed by atoms with van der Waals surface area (Å²) in [6.07, 6.45) is 0. The number of aliphatic hydroxyl groups is 1. The lowest BCUT2D eigenvalue weighted by Gasteiger charge is -2.26. The molecule has 1 aliphatic rings. The van der Waals surface area contributed by atoms with Crippen LogP contribution >= 0.6 is 0 Å². The van der Waals surface area contributed by atoms with Gasteiger partial charge in [0.05, 0.1) is 32.9 Å². The summed E-state index contributed by atoms with van der Waals surface area (Å²) >= 11 is 0. The van der Waals surface area contributed by atoms with E-state index in [2.05, 4.69) is 5.32 Å². The van der Waals surface area contributed by atoms with Crippen molar-refractivity contribution >= 4 is 34.7 Å². The summed E-state index contributed by atoms with van der Waals surface area (Å²) in [5, 5.41) is 14.2. The minimum absolute atomic E-state index is 0.144. The summed E-state index contributed by atoms with van der Waals surface area (Å²) in [6.45, 7) is 1.37. The molecule has 0 radical (unpaired) electrons. The normalized spacial score (nSPS) is 16.4. The van der Waals surface area contributed by atoms with Crippen LogP contribution in [0.2, 0.25) is 0 Å². The van der Waals surface area contributed by atoms with Gasteiger partial charge in [-0.15, -0.1) is 0 Å². The zero-order valence-electron chi connectivity index (χ0n) is 20.8. The second kappa shape index (κ2) is 10.4. The van der Waals surface area contributed by atoms with Crippen molar-refractivity contribution in [3.05, 3.63) is 83.4 Å². The highest BCUT2D eigenvalue weighted by Crippen LogP contribution is 2.45. The average molecular weight is 503 g/mol. The van der Waals surface area contributed by atoms with Gasteiger partial charge >= 0.3 is 0 Å². The van der Waals surface area contributed by atoms with E-state index in [0.717, 1.165) is 0 Å². The van der Waals surface area contributed by atoms with E-state index >= 15 is 0 Å². The number of nitrogens with zero attached hydrogens (tertiary/aromatic N) is 1. The van der Waals surface area contributed by atoms with Gasteiger partial charge in [0.25, 0.3) is 11.7 Å². The Kier molecular flexibility index (Phi) is 7.15. The smallest absolute Gasteiger partial charge is 0.300 e. The number of carbonyl (C=O) groups excluding carboxylic acids is 3. The van der Waals surface area contributed by atoms with Gasteiger partial charge in [0.1, 0.15) is 28.6 Å². The Morgan fingerprint density at radius 3 is 2.16 bits per heavy atom. The molecule has 9 heteroatoms. The number of amides is 2. The zero-order valence-corrected chi connectivity index (χ0v) is 20.8. The Bertz CT molecular complexity index is 1390. The monoisotopic (exact) mass is 502 g/mol. The SMILES string of the molecule is COc1cccc(C2/C(=C(\O)c3c(OC)cccc3OC)C(=O)C(=O)N2c2cccc(NC(C)=O)c2)c1. The molecule has 9 nitrogen and oxygen atoms in total. The van der Waals surface area contributed by atoms with Crippen molar-refractivity contribution in [3.8, 4) is 17.2 Å². The molecule has 190 valence electrons. The fraction of sp³-hybridized carbons (Fsp3) is 0.179. The zero-order chi connectivity index (χ0) is 26.7. The molecule has 0 bridgehead atoms. The molecule has 1 atom stereocenters. The summed E-state index contributed by atoms with van der Waals surface area (Å²) in [7, 11) is 4.36. The Hall–Kier alpha value is -4.79. The fourth-order valence-corrected chi connectivity index (χ4v) is 4.38. The molecule has 3 aromatic carbocycles. The summed E-state index contributed by atoms with van der Waals surface area (Å²) < 4.78 is 16.2. The molecule has 1 heterocycles. The molecule has 2 amide bonds. The van der Waals surface area contributed by atoms with Crippen LogP contribution in [0.3, 0.4) is 0 Å². The largest absolute Gasteiger partial charge is 0.506 e. The Morgan fingerprint density at radius 2 is 1.54 bits per heavy atom. The third-order valence-electron chi connectivity index (χ3n) is 5.96. The van der Waals surface area contributed by atoms with Crippen LogP contribution in [0.4, 0.5) is 11.4 Å². The van der Waals surface area contributed by atoms with Crippen molar-refractivity contribution < 1.29 is 33.7 Å². The van der Waals surface area contributed by atoms with Crippen LogP contribution < -0.4 is 24.4 Å². The first-order valence-corrected chi connectivity index (χ1v) is 11.3. The number of Topliss-reactive ketones (excluding diaryl/α,β-unsaturated/α-hetero) is 1. The highest BCUT2D eigenvalue weighted by molar-refractivity contribution is 6.51. The molecule has 1 fully saturated rings. The lowest BCUT2D eigenvalue weighted by molar-refractivity contribution is -0.132. The van der Waals surface area contributed by atoms with Gasteiger partial charge in [-0.25, -0.2) is 0 Å². The van der Waals surface area contributed by atoms with Crippen LogP contribution in [0.15, 0.2) is 72.3 Å². The number of ether oxygens (including phenoxy) is 3. The predicted octanol–water partition coefficient (Wildman–Crippen LogP) is 4.30. The predicted molar refractivity (Wildman–Crippen MR) is 138 cm³/mol. The van der Waals surface area contributed by atoms with E-state index in [4.69, 9.17) is 14.2 Å². The van der Waals surface area contributed by atoms with Crippen molar-refractivity contribution in [2.24, 2.45) is 0 Å². The third kappa shape index (κ3) is 4.71. The van der Waals surface area contributed by atoms with Gasteiger partial charge in [-0.2, -0.15) is 0 Å². The topological polar surface area (TPSA) is 114 Å². The summed E-state index contributed by atoms with van der Waals surface area (Å²) in [4.78, 5) is 39.9. The molecule has 37 heavy (non-hydrogen) atoms. The minimum Gasteiger partial charge on any atom is -0.506 e. The summed E-state index contributed by atoms with van der Waals surface area (Å²) in [5.41, 5.74) is 1.32. The van der Waals surface area contributed by atoms with Gasteiger partial charge in [-0.3, -0.25) is 19.3 Å². The summed E-state index contributed by atoms with van der Waals surface area (Å²) in [6, 6.07) is 17.3. The number of aliphatic hydroxyl groups excluding tert-OH is 1. The molecular formula is C28H26N2O7. The van der Waals surface area contributed by atoms with Crippen molar-refractivity contribution in [1.82, 2.24) is 0 Å².